The van der Waals surface area contributed by atoms with Crippen LogP contribution in [0.1, 0.15) is 0 Å². The third kappa shape index (κ3) is 9.21. The SMILES string of the molecule is [Cl][Cu][Cl].[Mo]. The Kier molecular flexibility index (Phi) is 20.4. The van der Waals surface area contributed by atoms with Gasteiger partial charge in [0, 0.05) is 21.1 Å². The van der Waals surface area contributed by atoms with Crippen molar-refractivity contribution in [2.24, 2.45) is 0 Å². The van der Waals surface area contributed by atoms with Gasteiger partial charge in [-0.1, -0.05) is 0 Å². The van der Waals surface area contributed by atoms with E-state index in [2.05, 4.69) is 20.2 Å². The molecule has 0 aromatic rings. The van der Waals surface area contributed by atoms with Gasteiger partial charge in [0.25, 0.3) is 0 Å². The third-order valence-corrected chi connectivity index (χ3v) is 0. The molecule has 0 N–H and O–H groups in total. The summed E-state index contributed by atoms with van der Waals surface area (Å²) < 4.78 is 0. The predicted molar refractivity (Wildman–Crippen MR) is 11.7 cm³/mol. The van der Waals surface area contributed by atoms with Gasteiger partial charge in [0.2, 0.25) is 0 Å². The zero-order valence-electron chi connectivity index (χ0n) is 1.47. The van der Waals surface area contributed by atoms with E-state index in [1.54, 1.807) is 0 Å². The van der Waals surface area contributed by atoms with Crippen molar-refractivity contribution in [3.8, 4) is 0 Å². The van der Waals surface area contributed by atoms with E-state index in [9.17, 15) is 0 Å². The van der Waals surface area contributed by atoms with Gasteiger partial charge < -0.3 is 0 Å². The van der Waals surface area contributed by atoms with Gasteiger partial charge in [0.1, 0.15) is 0 Å². The van der Waals surface area contributed by atoms with Crippen LogP contribution in [0.15, 0.2) is 0 Å². The van der Waals surface area contributed by atoms with Crippen LogP contribution >= 0.6 is 20.2 Å². The van der Waals surface area contributed by atoms with Crippen LogP contribution in [0, 0.1) is 0 Å². The molecule has 0 aromatic heterocycles. The molecule has 0 aromatic carbocycles. The summed E-state index contributed by atoms with van der Waals surface area (Å²) in [6.07, 6.45) is 0. The summed E-state index contributed by atoms with van der Waals surface area (Å²) in [6.45, 7) is 0. The maximum Gasteiger partial charge on any atom is 0 e. The van der Waals surface area contributed by atoms with E-state index >= 15 is 0 Å². The summed E-state index contributed by atoms with van der Waals surface area (Å²) in [5.41, 5.74) is 0. The van der Waals surface area contributed by atoms with Crippen LogP contribution in [0.25, 0.3) is 0 Å². The molecular weight excluding hydrogens is 230 g/mol. The van der Waals surface area contributed by atoms with Crippen molar-refractivity contribution in [2.45, 2.75) is 0 Å². The van der Waals surface area contributed by atoms with Gasteiger partial charge in [-0.05, 0) is 0 Å². The molecule has 4 heteroatoms. The zero-order valence-corrected chi connectivity index (χ0v) is 5.93. The Hall–Kier alpha value is 1.79. The van der Waals surface area contributed by atoms with Crippen molar-refractivity contribution in [1.82, 2.24) is 0 Å². The Bertz CT molecular complexity index is 6.00. The first-order chi connectivity index (χ1) is 1.41. The molecule has 0 aliphatic rings. The van der Waals surface area contributed by atoms with E-state index < -0.39 is 0 Å². The van der Waals surface area contributed by atoms with E-state index in [0.29, 0.717) is 0 Å². The molecule has 0 nitrogen and oxygen atoms in total. The third-order valence-electron chi connectivity index (χ3n) is 0. The van der Waals surface area contributed by atoms with Crippen molar-refractivity contribution >= 4 is 20.2 Å². The Morgan fingerprint density at radius 2 is 1.25 bits per heavy atom. The van der Waals surface area contributed by atoms with Gasteiger partial charge >= 0.3 is 33.3 Å². The van der Waals surface area contributed by atoms with E-state index in [-0.39, 0.29) is 21.1 Å². The second-order valence-electron chi connectivity index (χ2n) is 0.0431. The van der Waals surface area contributed by atoms with Gasteiger partial charge in [0.15, 0.2) is 0 Å². The summed E-state index contributed by atoms with van der Waals surface area (Å²) in [6, 6.07) is 0. The van der Waals surface area contributed by atoms with Crippen LogP contribution in [-0.4, -0.2) is 0 Å². The fourth-order valence-corrected chi connectivity index (χ4v) is 0. The Balaban J connectivity index is 0. The minimum Gasteiger partial charge on any atom is 0 e. The van der Waals surface area contributed by atoms with Crippen molar-refractivity contribution in [3.63, 3.8) is 0 Å². The molecule has 0 atom stereocenters. The fourth-order valence-electron chi connectivity index (χ4n) is 0. The first-order valence-electron chi connectivity index (χ1n) is 0.228. The van der Waals surface area contributed by atoms with Crippen molar-refractivity contribution in [3.05, 3.63) is 0 Å². The molecule has 0 heterocycles. The van der Waals surface area contributed by atoms with Crippen LogP contribution in [0.4, 0.5) is 0 Å². The maximum absolute atomic E-state index is 4.67. The maximum atomic E-state index is 4.67. The summed E-state index contributed by atoms with van der Waals surface area (Å²) in [5.74, 6) is 0. The zero-order chi connectivity index (χ0) is 2.71. The Morgan fingerprint density at radius 3 is 1.25 bits per heavy atom. The molecule has 0 spiro atoms. The molecule has 0 saturated carbocycles. The molecule has 4 heavy (non-hydrogen) atoms. The van der Waals surface area contributed by atoms with Crippen LogP contribution in [0.3, 0.4) is 0 Å². The standard InChI is InChI=1S/2ClH.Cu.Mo/h2*1H;;/q;;+2;/p-2. The second-order valence-corrected chi connectivity index (χ2v) is 1.60. The number of halogens is 2. The van der Waals surface area contributed by atoms with Crippen LogP contribution in [0.2, 0.25) is 0 Å². The van der Waals surface area contributed by atoms with E-state index in [1.807, 2.05) is 0 Å². The van der Waals surface area contributed by atoms with Crippen LogP contribution in [0.5, 0.6) is 0 Å². The number of hydrogen-bond acceptors (Lipinski definition) is 0. The van der Waals surface area contributed by atoms with Gasteiger partial charge in [-0.25, -0.2) is 0 Å². The molecule has 0 aliphatic carbocycles. The molecule has 0 fully saturated rings. The monoisotopic (exact) mass is 231 g/mol. The topological polar surface area (TPSA) is 0 Å². The molecule has 0 bridgehead atoms. The molecule has 0 saturated heterocycles. The smallest absolute Gasteiger partial charge is 0 e. The van der Waals surface area contributed by atoms with Gasteiger partial charge in [-0.2, -0.15) is 0 Å². The quantitative estimate of drug-likeness (QED) is 0.552. The van der Waals surface area contributed by atoms with Crippen molar-refractivity contribution < 1.29 is 34.2 Å². The molecule has 31 valence electrons. The minimum atomic E-state index is 0. The molecule has 0 unspecified atom stereocenters. The molecular formula is Cl2CuMo. The van der Waals surface area contributed by atoms with E-state index in [0.717, 1.165) is 13.1 Å². The largest absolute Gasteiger partial charge is 0 e. The molecule has 0 radical (unpaired) electrons. The normalized spacial score (nSPS) is 5.50. The summed E-state index contributed by atoms with van der Waals surface area (Å²) in [7, 11) is 9.34. The molecule has 0 aliphatic heterocycles. The van der Waals surface area contributed by atoms with Crippen LogP contribution in [-0.2, 0) is 34.2 Å². The number of hydrogen-bond donors (Lipinski definition) is 0. The van der Waals surface area contributed by atoms with E-state index in [4.69, 9.17) is 0 Å². The summed E-state index contributed by atoms with van der Waals surface area (Å²) in [5, 5.41) is 0. The van der Waals surface area contributed by atoms with Gasteiger partial charge in [-0.3, -0.25) is 0 Å². The summed E-state index contributed by atoms with van der Waals surface area (Å²) in [4.78, 5) is 0. The van der Waals surface area contributed by atoms with Gasteiger partial charge in [-0.15, -0.1) is 0 Å². The molecule has 0 rings (SSSR count). The van der Waals surface area contributed by atoms with Crippen molar-refractivity contribution in [1.29, 1.82) is 0 Å². The van der Waals surface area contributed by atoms with Crippen LogP contribution < -0.4 is 0 Å². The first-order valence-corrected chi connectivity index (χ1v) is 2.82. The average Bonchev–Trinajstić information content (AvgIpc) is 0.918. The number of rotatable bonds is 0. The summed E-state index contributed by atoms with van der Waals surface area (Å²) >= 11 is 0.757. The fraction of sp³-hybridized carbons (Fsp3) is 0. The first kappa shape index (κ1) is 9.25. The van der Waals surface area contributed by atoms with Crippen molar-refractivity contribution in [2.75, 3.05) is 0 Å². The van der Waals surface area contributed by atoms with Gasteiger partial charge in [0.05, 0.1) is 0 Å². The predicted octanol–water partition coefficient (Wildman–Crippen LogP) is 1.37. The van der Waals surface area contributed by atoms with E-state index in [1.165, 1.54) is 0 Å². The minimum absolute atomic E-state index is 0. The Morgan fingerprint density at radius 1 is 1.25 bits per heavy atom. The second kappa shape index (κ2) is 8.84. The molecule has 0 amide bonds. The Labute approximate surface area is 54.1 Å². The average molecular weight is 230 g/mol.